The zero-order valence-corrected chi connectivity index (χ0v) is 29.3. The van der Waals surface area contributed by atoms with Crippen LogP contribution < -0.4 is 0 Å². The molecule has 0 aliphatic rings. The lowest BCUT2D eigenvalue weighted by molar-refractivity contribution is 1.17. The van der Waals surface area contributed by atoms with Gasteiger partial charge in [-0.15, -0.1) is 0 Å². The second kappa shape index (κ2) is 12.1. The Labute approximate surface area is 311 Å². The van der Waals surface area contributed by atoms with Gasteiger partial charge in [-0.25, -0.2) is 9.97 Å². The van der Waals surface area contributed by atoms with E-state index in [-0.39, 0.29) is 0 Å². The Kier molecular flexibility index (Phi) is 6.82. The monoisotopic (exact) mass is 688 g/mol. The number of aromatic nitrogens is 4. The Morgan fingerprint density at radius 2 is 0.833 bits per heavy atom. The molecule has 0 amide bonds. The summed E-state index contributed by atoms with van der Waals surface area (Å²) >= 11 is 0. The molecule has 11 rings (SSSR count). The average Bonchev–Trinajstić information content (AvgIpc) is 3.75. The first-order valence-electron chi connectivity index (χ1n) is 18.3. The topological polar surface area (TPSA) is 35.6 Å². The molecule has 0 saturated heterocycles. The number of hydrogen-bond acceptors (Lipinski definition) is 2. The van der Waals surface area contributed by atoms with Crippen molar-refractivity contribution >= 4 is 54.5 Å². The minimum atomic E-state index is 0.704. The van der Waals surface area contributed by atoms with Crippen molar-refractivity contribution in [2.45, 2.75) is 0 Å². The Morgan fingerprint density at radius 3 is 1.48 bits per heavy atom. The average molecular weight is 689 g/mol. The largest absolute Gasteiger partial charge is 0.309 e. The third kappa shape index (κ3) is 4.70. The van der Waals surface area contributed by atoms with Gasteiger partial charge < -0.3 is 9.13 Å². The molecule has 11 aromatic rings. The number of nitrogens with zero attached hydrogens (tertiary/aromatic N) is 4. The molecule has 4 nitrogen and oxygen atoms in total. The molecule has 3 heterocycles. The SMILES string of the molecule is c1ccc(-c2cc(-n3c4ccccc4c4cc5c(cc43)c3ccccc3n5-c3ccccc3)ccc2-c2nc(-c3ccccc3)c3ccccc3n2)cc1. The molecular formula is C50H32N4. The molecule has 4 heteroatoms. The highest BCUT2D eigenvalue weighted by Gasteiger charge is 2.20. The van der Waals surface area contributed by atoms with E-state index in [1.807, 2.05) is 12.1 Å². The fraction of sp³-hybridized carbons (Fsp3) is 0. The van der Waals surface area contributed by atoms with Gasteiger partial charge in [0.1, 0.15) is 0 Å². The normalized spacial score (nSPS) is 11.7. The molecule has 8 aromatic carbocycles. The Bertz CT molecular complexity index is 3200. The van der Waals surface area contributed by atoms with Crippen molar-refractivity contribution in [2.24, 2.45) is 0 Å². The molecule has 0 radical (unpaired) electrons. The first kappa shape index (κ1) is 30.3. The third-order valence-electron chi connectivity index (χ3n) is 10.7. The van der Waals surface area contributed by atoms with Gasteiger partial charge in [0.2, 0.25) is 0 Å². The summed E-state index contributed by atoms with van der Waals surface area (Å²) in [5.41, 5.74) is 13.1. The summed E-state index contributed by atoms with van der Waals surface area (Å²) in [5, 5.41) is 5.93. The van der Waals surface area contributed by atoms with Crippen LogP contribution in [0.15, 0.2) is 194 Å². The van der Waals surface area contributed by atoms with Crippen molar-refractivity contribution in [3.8, 4) is 45.1 Å². The standard InChI is InChI=1S/C50H32N4/c1-4-16-33(17-5-1)41-30-36(28-29-39(41)50-51-44-25-13-10-24-40(44)49(52-50)34-18-6-2-7-19-34)54-46-27-15-12-23-38(46)43-31-47-42(32-48(43)54)37-22-11-14-26-45(37)53(47)35-20-8-3-9-21-35/h1-32H. The number of para-hydroxylation sites is 4. The fourth-order valence-electron chi connectivity index (χ4n) is 8.30. The Hall–Kier alpha value is -7.30. The van der Waals surface area contributed by atoms with Crippen molar-refractivity contribution in [1.82, 2.24) is 19.1 Å². The van der Waals surface area contributed by atoms with Crippen molar-refractivity contribution in [2.75, 3.05) is 0 Å². The van der Waals surface area contributed by atoms with Crippen LogP contribution >= 0.6 is 0 Å². The van der Waals surface area contributed by atoms with Crippen molar-refractivity contribution in [1.29, 1.82) is 0 Å². The zero-order chi connectivity index (χ0) is 35.6. The highest BCUT2D eigenvalue weighted by atomic mass is 15.0. The smallest absolute Gasteiger partial charge is 0.161 e. The second-order valence-corrected chi connectivity index (χ2v) is 13.8. The molecule has 0 spiro atoms. The fourth-order valence-corrected chi connectivity index (χ4v) is 8.30. The maximum absolute atomic E-state index is 5.29. The van der Waals surface area contributed by atoms with Crippen molar-refractivity contribution < 1.29 is 0 Å². The summed E-state index contributed by atoms with van der Waals surface area (Å²) in [6.45, 7) is 0. The minimum absolute atomic E-state index is 0.704. The Balaban J connectivity index is 1.19. The van der Waals surface area contributed by atoms with E-state index in [1.165, 1.54) is 38.1 Å². The number of hydrogen-bond donors (Lipinski definition) is 0. The molecule has 0 atom stereocenters. The van der Waals surface area contributed by atoms with E-state index in [0.717, 1.165) is 55.7 Å². The molecule has 0 fully saturated rings. The van der Waals surface area contributed by atoms with Gasteiger partial charge in [0.05, 0.1) is 33.3 Å². The lowest BCUT2D eigenvalue weighted by Gasteiger charge is -2.16. The summed E-state index contributed by atoms with van der Waals surface area (Å²) in [6, 6.07) is 69.0. The molecule has 0 bridgehead atoms. The molecule has 252 valence electrons. The van der Waals surface area contributed by atoms with Crippen LogP contribution in [-0.4, -0.2) is 19.1 Å². The van der Waals surface area contributed by atoms with Gasteiger partial charge >= 0.3 is 0 Å². The maximum Gasteiger partial charge on any atom is 0.161 e. The van der Waals surface area contributed by atoms with E-state index in [1.54, 1.807) is 0 Å². The summed E-state index contributed by atoms with van der Waals surface area (Å²) < 4.78 is 4.82. The van der Waals surface area contributed by atoms with E-state index in [4.69, 9.17) is 9.97 Å². The Morgan fingerprint density at radius 1 is 0.315 bits per heavy atom. The maximum atomic E-state index is 5.29. The number of fused-ring (bicyclic) bond motifs is 7. The van der Waals surface area contributed by atoms with Gasteiger partial charge in [-0.3, -0.25) is 0 Å². The van der Waals surface area contributed by atoms with Crippen LogP contribution in [0.2, 0.25) is 0 Å². The van der Waals surface area contributed by atoms with Gasteiger partial charge in [-0.05, 0) is 71.8 Å². The third-order valence-corrected chi connectivity index (χ3v) is 10.7. The van der Waals surface area contributed by atoms with Crippen LogP contribution in [0.3, 0.4) is 0 Å². The van der Waals surface area contributed by atoms with Crippen LogP contribution in [0.1, 0.15) is 0 Å². The lowest BCUT2D eigenvalue weighted by atomic mass is 9.97. The molecule has 0 aliphatic carbocycles. The zero-order valence-electron chi connectivity index (χ0n) is 29.3. The second-order valence-electron chi connectivity index (χ2n) is 13.8. The predicted molar refractivity (Wildman–Crippen MR) is 225 cm³/mol. The number of rotatable bonds is 5. The highest BCUT2D eigenvalue weighted by molar-refractivity contribution is 6.19. The summed E-state index contributed by atoms with van der Waals surface area (Å²) in [6.07, 6.45) is 0. The van der Waals surface area contributed by atoms with Gasteiger partial charge in [0, 0.05) is 49.4 Å². The first-order valence-corrected chi connectivity index (χ1v) is 18.3. The van der Waals surface area contributed by atoms with Crippen LogP contribution in [0.4, 0.5) is 0 Å². The van der Waals surface area contributed by atoms with E-state index in [0.29, 0.717) is 5.82 Å². The van der Waals surface area contributed by atoms with Gasteiger partial charge in [-0.2, -0.15) is 0 Å². The molecule has 0 saturated carbocycles. The van der Waals surface area contributed by atoms with Gasteiger partial charge in [-0.1, -0.05) is 133 Å². The lowest BCUT2D eigenvalue weighted by Crippen LogP contribution is -1.99. The molecule has 3 aromatic heterocycles. The van der Waals surface area contributed by atoms with E-state index < -0.39 is 0 Å². The van der Waals surface area contributed by atoms with Gasteiger partial charge in [0.15, 0.2) is 5.82 Å². The first-order chi connectivity index (χ1) is 26.8. The molecule has 54 heavy (non-hydrogen) atoms. The van der Waals surface area contributed by atoms with Crippen molar-refractivity contribution in [3.05, 3.63) is 194 Å². The van der Waals surface area contributed by atoms with Crippen LogP contribution in [-0.2, 0) is 0 Å². The van der Waals surface area contributed by atoms with E-state index >= 15 is 0 Å². The molecule has 0 unspecified atom stereocenters. The van der Waals surface area contributed by atoms with Gasteiger partial charge in [0.25, 0.3) is 0 Å². The highest BCUT2D eigenvalue weighted by Crippen LogP contribution is 2.41. The molecule has 0 aliphatic heterocycles. The van der Waals surface area contributed by atoms with E-state index in [9.17, 15) is 0 Å². The van der Waals surface area contributed by atoms with Crippen LogP contribution in [0.5, 0.6) is 0 Å². The number of benzene rings is 8. The molecule has 0 N–H and O–H groups in total. The molecular weight excluding hydrogens is 657 g/mol. The van der Waals surface area contributed by atoms with Crippen LogP contribution in [0, 0.1) is 0 Å². The summed E-state index contributed by atoms with van der Waals surface area (Å²) in [4.78, 5) is 10.5. The van der Waals surface area contributed by atoms with Crippen molar-refractivity contribution in [3.63, 3.8) is 0 Å². The summed E-state index contributed by atoms with van der Waals surface area (Å²) in [7, 11) is 0. The predicted octanol–water partition coefficient (Wildman–Crippen LogP) is 12.8. The van der Waals surface area contributed by atoms with E-state index in [2.05, 4.69) is 191 Å². The summed E-state index contributed by atoms with van der Waals surface area (Å²) in [5.74, 6) is 0.704. The van der Waals surface area contributed by atoms with Crippen LogP contribution in [0.25, 0.3) is 99.7 Å². The minimum Gasteiger partial charge on any atom is -0.309 e. The quantitative estimate of drug-likeness (QED) is 0.180.